The number of rotatable bonds is 7. The summed E-state index contributed by atoms with van der Waals surface area (Å²) >= 11 is 0. The van der Waals surface area contributed by atoms with Crippen LogP contribution >= 0.6 is 0 Å². The number of aliphatic hydroxyl groups excluding tert-OH is 1. The molecule has 0 aromatic carbocycles. The lowest BCUT2D eigenvalue weighted by Gasteiger charge is -2.13. The van der Waals surface area contributed by atoms with Crippen molar-refractivity contribution in [2.75, 3.05) is 6.61 Å². The molecule has 3 nitrogen and oxygen atoms in total. The molecule has 1 N–H and O–H groups in total. The summed E-state index contributed by atoms with van der Waals surface area (Å²) in [6.45, 7) is 6.51. The van der Waals surface area contributed by atoms with Crippen LogP contribution in [-0.2, 0) is 9.53 Å². The molecular formula is C11H22O3. The minimum atomic E-state index is -0.552. The van der Waals surface area contributed by atoms with Gasteiger partial charge < -0.3 is 9.84 Å². The maximum Gasteiger partial charge on any atom is 0.308 e. The Bertz CT molecular complexity index is 153. The van der Waals surface area contributed by atoms with E-state index in [9.17, 15) is 9.90 Å². The molecule has 0 amide bonds. The second-order valence-corrected chi connectivity index (χ2v) is 3.63. The minimum absolute atomic E-state index is 0.122. The molecule has 0 rings (SSSR count). The number of hydrogen-bond acceptors (Lipinski definition) is 3. The monoisotopic (exact) mass is 202 g/mol. The first-order valence-corrected chi connectivity index (χ1v) is 5.47. The predicted octanol–water partition coefficient (Wildman–Crippen LogP) is 2.13. The van der Waals surface area contributed by atoms with Gasteiger partial charge in [-0.3, -0.25) is 4.79 Å². The van der Waals surface area contributed by atoms with Gasteiger partial charge in [0.1, 0.15) is 0 Å². The standard InChI is InChI=1S/C11H22O3/c1-4-9(5-2)8-14-11(13)7-10(12)6-3/h9-10,12H,4-8H2,1-3H3. The van der Waals surface area contributed by atoms with E-state index in [0.717, 1.165) is 12.8 Å². The zero-order chi connectivity index (χ0) is 11.0. The number of carbonyl (C=O) groups is 1. The Kier molecular flexibility index (Phi) is 7.48. The van der Waals surface area contributed by atoms with Crippen LogP contribution in [0.3, 0.4) is 0 Å². The third-order valence-corrected chi connectivity index (χ3v) is 2.51. The van der Waals surface area contributed by atoms with Crippen molar-refractivity contribution < 1.29 is 14.6 Å². The second-order valence-electron chi connectivity index (χ2n) is 3.63. The third kappa shape index (κ3) is 5.97. The van der Waals surface area contributed by atoms with Crippen molar-refractivity contribution in [2.24, 2.45) is 5.92 Å². The normalized spacial score (nSPS) is 12.9. The van der Waals surface area contributed by atoms with Crippen LogP contribution in [0.4, 0.5) is 0 Å². The van der Waals surface area contributed by atoms with Gasteiger partial charge in [-0.05, 0) is 12.3 Å². The molecule has 0 saturated carbocycles. The average Bonchev–Trinajstić information content (AvgIpc) is 2.19. The van der Waals surface area contributed by atoms with E-state index in [2.05, 4.69) is 13.8 Å². The molecule has 0 heterocycles. The van der Waals surface area contributed by atoms with E-state index >= 15 is 0 Å². The largest absolute Gasteiger partial charge is 0.465 e. The van der Waals surface area contributed by atoms with Crippen LogP contribution in [0, 0.1) is 5.92 Å². The molecule has 14 heavy (non-hydrogen) atoms. The molecule has 0 saturated heterocycles. The molecule has 0 bridgehead atoms. The third-order valence-electron chi connectivity index (χ3n) is 2.51. The van der Waals surface area contributed by atoms with Crippen LogP contribution in [-0.4, -0.2) is 23.8 Å². The quantitative estimate of drug-likeness (QED) is 0.643. The van der Waals surface area contributed by atoms with E-state index in [1.54, 1.807) is 0 Å². The maximum absolute atomic E-state index is 11.2. The van der Waals surface area contributed by atoms with Crippen LogP contribution in [0.15, 0.2) is 0 Å². The van der Waals surface area contributed by atoms with Crippen molar-refractivity contribution in [3.8, 4) is 0 Å². The smallest absolute Gasteiger partial charge is 0.308 e. The van der Waals surface area contributed by atoms with Gasteiger partial charge in [0.05, 0.1) is 19.1 Å². The van der Waals surface area contributed by atoms with Crippen molar-refractivity contribution in [1.82, 2.24) is 0 Å². The molecule has 0 fully saturated rings. The lowest BCUT2D eigenvalue weighted by molar-refractivity contribution is -0.147. The molecule has 1 atom stereocenters. The van der Waals surface area contributed by atoms with Crippen molar-refractivity contribution in [3.05, 3.63) is 0 Å². The number of hydrogen-bond donors (Lipinski definition) is 1. The Labute approximate surface area is 86.5 Å². The summed E-state index contributed by atoms with van der Waals surface area (Å²) in [7, 11) is 0. The Morgan fingerprint density at radius 1 is 1.21 bits per heavy atom. The van der Waals surface area contributed by atoms with Gasteiger partial charge in [0.15, 0.2) is 0 Å². The molecule has 0 aliphatic rings. The van der Waals surface area contributed by atoms with Gasteiger partial charge in [0.25, 0.3) is 0 Å². The van der Waals surface area contributed by atoms with Crippen molar-refractivity contribution in [1.29, 1.82) is 0 Å². The van der Waals surface area contributed by atoms with Crippen LogP contribution in [0.5, 0.6) is 0 Å². The molecule has 3 heteroatoms. The molecule has 1 unspecified atom stereocenters. The fourth-order valence-corrected chi connectivity index (χ4v) is 1.13. The highest BCUT2D eigenvalue weighted by Crippen LogP contribution is 2.08. The van der Waals surface area contributed by atoms with Gasteiger partial charge in [-0.25, -0.2) is 0 Å². The van der Waals surface area contributed by atoms with E-state index < -0.39 is 6.10 Å². The zero-order valence-corrected chi connectivity index (χ0v) is 9.45. The highest BCUT2D eigenvalue weighted by molar-refractivity contribution is 5.69. The molecule has 0 radical (unpaired) electrons. The van der Waals surface area contributed by atoms with Gasteiger partial charge in [0, 0.05) is 0 Å². The van der Waals surface area contributed by atoms with Gasteiger partial charge in [-0.1, -0.05) is 33.6 Å². The fourth-order valence-electron chi connectivity index (χ4n) is 1.13. The molecule has 0 spiro atoms. The molecule has 0 aliphatic carbocycles. The van der Waals surface area contributed by atoms with E-state index in [4.69, 9.17) is 4.74 Å². The predicted molar refractivity (Wildman–Crippen MR) is 55.9 cm³/mol. The molecule has 0 aromatic rings. The Balaban J connectivity index is 3.62. The maximum atomic E-state index is 11.2. The van der Waals surface area contributed by atoms with Crippen molar-refractivity contribution in [3.63, 3.8) is 0 Å². The number of aliphatic hydroxyl groups is 1. The van der Waals surface area contributed by atoms with E-state index in [0.29, 0.717) is 18.9 Å². The second kappa shape index (κ2) is 7.80. The minimum Gasteiger partial charge on any atom is -0.465 e. The average molecular weight is 202 g/mol. The first-order chi connectivity index (χ1) is 6.63. The topological polar surface area (TPSA) is 46.5 Å². The SMILES string of the molecule is CCC(O)CC(=O)OCC(CC)CC. The lowest BCUT2D eigenvalue weighted by atomic mass is 10.1. The molecule has 0 aliphatic heterocycles. The Morgan fingerprint density at radius 3 is 2.21 bits per heavy atom. The molecule has 84 valence electrons. The summed E-state index contributed by atoms with van der Waals surface area (Å²) in [6, 6.07) is 0. The highest BCUT2D eigenvalue weighted by Gasteiger charge is 2.12. The number of ether oxygens (including phenoxy) is 1. The summed E-state index contributed by atoms with van der Waals surface area (Å²) < 4.78 is 5.06. The van der Waals surface area contributed by atoms with Crippen molar-refractivity contribution >= 4 is 5.97 Å². The van der Waals surface area contributed by atoms with E-state index in [1.807, 2.05) is 6.92 Å². The van der Waals surface area contributed by atoms with E-state index in [-0.39, 0.29) is 12.4 Å². The van der Waals surface area contributed by atoms with Crippen LogP contribution in [0.2, 0.25) is 0 Å². The molecular weight excluding hydrogens is 180 g/mol. The first kappa shape index (κ1) is 13.4. The summed E-state index contributed by atoms with van der Waals surface area (Å²) in [5, 5.41) is 9.21. The fraction of sp³-hybridized carbons (Fsp3) is 0.909. The van der Waals surface area contributed by atoms with Crippen LogP contribution < -0.4 is 0 Å². The summed E-state index contributed by atoms with van der Waals surface area (Å²) in [4.78, 5) is 11.2. The first-order valence-electron chi connectivity index (χ1n) is 5.47. The van der Waals surface area contributed by atoms with Crippen LogP contribution in [0.25, 0.3) is 0 Å². The van der Waals surface area contributed by atoms with Crippen LogP contribution in [0.1, 0.15) is 46.5 Å². The summed E-state index contributed by atoms with van der Waals surface area (Å²) in [5.74, 6) is 0.170. The zero-order valence-electron chi connectivity index (χ0n) is 9.45. The van der Waals surface area contributed by atoms with Gasteiger partial charge >= 0.3 is 5.97 Å². The lowest BCUT2D eigenvalue weighted by Crippen LogP contribution is -2.18. The summed E-state index contributed by atoms with van der Waals surface area (Å²) in [6.07, 6.45) is 2.22. The van der Waals surface area contributed by atoms with E-state index in [1.165, 1.54) is 0 Å². The number of carbonyl (C=O) groups excluding carboxylic acids is 1. The van der Waals surface area contributed by atoms with Gasteiger partial charge in [-0.15, -0.1) is 0 Å². The Morgan fingerprint density at radius 2 is 1.79 bits per heavy atom. The van der Waals surface area contributed by atoms with Crippen molar-refractivity contribution in [2.45, 2.75) is 52.6 Å². The number of esters is 1. The van der Waals surface area contributed by atoms with Gasteiger partial charge in [-0.2, -0.15) is 0 Å². The highest BCUT2D eigenvalue weighted by atomic mass is 16.5. The molecule has 0 aromatic heterocycles. The Hall–Kier alpha value is -0.570. The summed E-state index contributed by atoms with van der Waals surface area (Å²) in [5.41, 5.74) is 0. The van der Waals surface area contributed by atoms with Gasteiger partial charge in [0.2, 0.25) is 0 Å².